The van der Waals surface area contributed by atoms with E-state index < -0.39 is 0 Å². The number of nitrogens with one attached hydrogen (secondary N) is 1. The lowest BCUT2D eigenvalue weighted by atomic mass is 10.00. The number of nitrogens with zero attached hydrogens (tertiary/aromatic N) is 3. The minimum absolute atomic E-state index is 0.0814. The van der Waals surface area contributed by atoms with Crippen LogP contribution in [0.25, 0.3) is 0 Å². The van der Waals surface area contributed by atoms with Crippen LogP contribution in [0.15, 0.2) is 47.5 Å². The van der Waals surface area contributed by atoms with Crippen LogP contribution in [0.5, 0.6) is 5.75 Å². The van der Waals surface area contributed by atoms with Gasteiger partial charge in [-0.15, -0.1) is 0 Å². The number of hydrogen-bond acceptors (Lipinski definition) is 4. The van der Waals surface area contributed by atoms with E-state index in [9.17, 15) is 0 Å². The van der Waals surface area contributed by atoms with E-state index in [1.54, 1.807) is 7.11 Å². The van der Waals surface area contributed by atoms with E-state index in [1.165, 1.54) is 28.8 Å². The second kappa shape index (κ2) is 10.3. The third-order valence-electron chi connectivity index (χ3n) is 6.60. The Morgan fingerprint density at radius 3 is 2.81 bits per heavy atom. The van der Waals surface area contributed by atoms with Crippen molar-refractivity contribution in [3.05, 3.63) is 59.2 Å². The first kappa shape index (κ1) is 22.5. The Bertz CT molecular complexity index is 945. The van der Waals surface area contributed by atoms with Crippen molar-refractivity contribution in [3.63, 3.8) is 0 Å². The van der Waals surface area contributed by atoms with Crippen LogP contribution in [0.2, 0.25) is 0 Å². The molecule has 2 aromatic rings. The lowest BCUT2D eigenvalue weighted by Crippen LogP contribution is -2.49. The average Bonchev–Trinajstić information content (AvgIpc) is 3.29. The summed E-state index contributed by atoms with van der Waals surface area (Å²) in [5, 5.41) is 3.64. The van der Waals surface area contributed by atoms with E-state index in [2.05, 4.69) is 70.4 Å². The summed E-state index contributed by atoms with van der Waals surface area (Å²) in [5.74, 6) is 2.48. The Labute approximate surface area is 192 Å². The number of rotatable bonds is 5. The average molecular weight is 437 g/mol. The summed E-state index contributed by atoms with van der Waals surface area (Å²) in [6.07, 6.45) is 1.26. The zero-order valence-electron chi connectivity index (χ0n) is 19.8. The Morgan fingerprint density at radius 2 is 2.03 bits per heavy atom. The number of aliphatic imine (C=N–C) groups is 1. The van der Waals surface area contributed by atoms with Crippen LogP contribution in [0.1, 0.15) is 29.2 Å². The summed E-state index contributed by atoms with van der Waals surface area (Å²) in [6, 6.07) is 15.0. The molecule has 6 heteroatoms. The fourth-order valence-electron chi connectivity index (χ4n) is 4.83. The largest absolute Gasteiger partial charge is 0.497 e. The summed E-state index contributed by atoms with van der Waals surface area (Å²) >= 11 is 0. The molecule has 0 radical (unpaired) electrons. The number of anilines is 1. The maximum atomic E-state index is 6.13. The molecule has 2 aliphatic rings. The molecule has 172 valence electrons. The van der Waals surface area contributed by atoms with Crippen LogP contribution in [-0.2, 0) is 4.74 Å². The summed E-state index contributed by atoms with van der Waals surface area (Å²) in [7, 11) is 3.60. The molecule has 0 bridgehead atoms. The van der Waals surface area contributed by atoms with Gasteiger partial charge in [-0.1, -0.05) is 29.8 Å². The lowest BCUT2D eigenvalue weighted by molar-refractivity contribution is -0.00836. The molecule has 4 rings (SSSR count). The fraction of sp³-hybridized carbons (Fsp3) is 0.500. The van der Waals surface area contributed by atoms with E-state index in [0.717, 1.165) is 44.4 Å². The van der Waals surface area contributed by atoms with Gasteiger partial charge in [-0.3, -0.25) is 4.99 Å². The number of aryl methyl sites for hydroxylation is 2. The highest BCUT2D eigenvalue weighted by Crippen LogP contribution is 2.28. The van der Waals surface area contributed by atoms with Crippen molar-refractivity contribution in [2.45, 2.75) is 26.4 Å². The highest BCUT2D eigenvalue weighted by molar-refractivity contribution is 5.80. The van der Waals surface area contributed by atoms with Gasteiger partial charge in [0.25, 0.3) is 0 Å². The maximum absolute atomic E-state index is 6.13. The minimum atomic E-state index is 0.0814. The van der Waals surface area contributed by atoms with E-state index in [0.29, 0.717) is 12.5 Å². The molecule has 2 unspecified atom stereocenters. The zero-order valence-corrected chi connectivity index (χ0v) is 19.8. The highest BCUT2D eigenvalue weighted by Gasteiger charge is 2.27. The second-order valence-corrected chi connectivity index (χ2v) is 8.90. The number of morpholine rings is 1. The van der Waals surface area contributed by atoms with Crippen LogP contribution < -0.4 is 15.0 Å². The fourth-order valence-corrected chi connectivity index (χ4v) is 4.83. The molecule has 2 aromatic carbocycles. The Hall–Kier alpha value is -2.73. The Kier molecular flexibility index (Phi) is 7.20. The maximum Gasteiger partial charge on any atom is 0.193 e. The van der Waals surface area contributed by atoms with Crippen molar-refractivity contribution < 1.29 is 9.47 Å². The quantitative estimate of drug-likeness (QED) is 0.571. The second-order valence-electron chi connectivity index (χ2n) is 8.90. The zero-order chi connectivity index (χ0) is 22.5. The predicted octanol–water partition coefficient (Wildman–Crippen LogP) is 3.79. The van der Waals surface area contributed by atoms with Crippen molar-refractivity contribution in [2.75, 3.05) is 58.4 Å². The topological polar surface area (TPSA) is 49.3 Å². The van der Waals surface area contributed by atoms with Gasteiger partial charge < -0.3 is 24.6 Å². The first-order chi connectivity index (χ1) is 15.6. The van der Waals surface area contributed by atoms with Crippen molar-refractivity contribution >= 4 is 11.6 Å². The van der Waals surface area contributed by atoms with Crippen molar-refractivity contribution in [3.8, 4) is 5.75 Å². The molecule has 2 aliphatic heterocycles. The Balaban J connectivity index is 1.32. The van der Waals surface area contributed by atoms with Gasteiger partial charge in [0.05, 0.1) is 20.3 Å². The molecule has 2 heterocycles. The third-order valence-corrected chi connectivity index (χ3v) is 6.60. The monoisotopic (exact) mass is 436 g/mol. The van der Waals surface area contributed by atoms with Gasteiger partial charge in [-0.2, -0.15) is 0 Å². The summed E-state index contributed by atoms with van der Waals surface area (Å²) in [6.45, 7) is 9.76. The molecule has 2 fully saturated rings. The van der Waals surface area contributed by atoms with Crippen molar-refractivity contribution in [1.29, 1.82) is 0 Å². The smallest absolute Gasteiger partial charge is 0.193 e. The molecule has 0 amide bonds. The molecule has 2 saturated heterocycles. The molecular weight excluding hydrogens is 400 g/mol. The molecule has 1 N–H and O–H groups in total. The molecular formula is C26H36N4O2. The standard InChI is InChI=1S/C26H36N4O2/c1-19-8-9-24(20(2)14-19)25-18-30(12-13-32-25)26(27-3)28-16-21-10-11-29(17-21)22-6-5-7-23(15-22)31-4/h5-9,14-15,21,25H,10-13,16-18H2,1-4H3,(H,27,28). The van der Waals surface area contributed by atoms with Crippen molar-refractivity contribution in [1.82, 2.24) is 10.2 Å². The van der Waals surface area contributed by atoms with Gasteiger partial charge in [0.15, 0.2) is 5.96 Å². The number of benzene rings is 2. The van der Waals surface area contributed by atoms with Crippen LogP contribution >= 0.6 is 0 Å². The molecule has 32 heavy (non-hydrogen) atoms. The first-order valence-electron chi connectivity index (χ1n) is 11.6. The van der Waals surface area contributed by atoms with Gasteiger partial charge >= 0.3 is 0 Å². The van der Waals surface area contributed by atoms with Gasteiger partial charge in [0, 0.05) is 45.0 Å². The molecule has 2 atom stereocenters. The van der Waals surface area contributed by atoms with Gasteiger partial charge in [-0.25, -0.2) is 0 Å². The molecule has 0 saturated carbocycles. The van der Waals surface area contributed by atoms with E-state index in [-0.39, 0.29) is 6.10 Å². The number of hydrogen-bond donors (Lipinski definition) is 1. The molecule has 0 aliphatic carbocycles. The third kappa shape index (κ3) is 5.18. The predicted molar refractivity (Wildman–Crippen MR) is 131 cm³/mol. The first-order valence-corrected chi connectivity index (χ1v) is 11.6. The SMILES string of the molecule is CN=C(NCC1CCN(c2cccc(OC)c2)C1)N1CCOC(c2ccc(C)cc2C)C1. The summed E-state index contributed by atoms with van der Waals surface area (Å²) < 4.78 is 11.5. The summed E-state index contributed by atoms with van der Waals surface area (Å²) in [4.78, 5) is 9.37. The minimum Gasteiger partial charge on any atom is -0.497 e. The summed E-state index contributed by atoms with van der Waals surface area (Å²) in [5.41, 5.74) is 5.10. The number of ether oxygens (including phenoxy) is 2. The van der Waals surface area contributed by atoms with Gasteiger partial charge in [-0.05, 0) is 49.4 Å². The normalized spacial score (nSPS) is 21.7. The van der Waals surface area contributed by atoms with E-state index >= 15 is 0 Å². The van der Waals surface area contributed by atoms with Crippen LogP contribution in [-0.4, -0.2) is 64.3 Å². The molecule has 0 spiro atoms. The van der Waals surface area contributed by atoms with Crippen LogP contribution in [0.3, 0.4) is 0 Å². The van der Waals surface area contributed by atoms with E-state index in [1.807, 2.05) is 13.1 Å². The van der Waals surface area contributed by atoms with Crippen LogP contribution in [0, 0.1) is 19.8 Å². The van der Waals surface area contributed by atoms with Gasteiger partial charge in [0.1, 0.15) is 11.9 Å². The van der Waals surface area contributed by atoms with Crippen LogP contribution in [0.4, 0.5) is 5.69 Å². The lowest BCUT2D eigenvalue weighted by Gasteiger charge is -2.36. The number of methoxy groups -OCH3 is 1. The Morgan fingerprint density at radius 1 is 1.16 bits per heavy atom. The molecule has 6 nitrogen and oxygen atoms in total. The highest BCUT2D eigenvalue weighted by atomic mass is 16.5. The van der Waals surface area contributed by atoms with E-state index in [4.69, 9.17) is 9.47 Å². The van der Waals surface area contributed by atoms with Gasteiger partial charge in [0.2, 0.25) is 0 Å². The van der Waals surface area contributed by atoms with Crippen molar-refractivity contribution in [2.24, 2.45) is 10.9 Å². The molecule has 0 aromatic heterocycles. The number of guanidine groups is 1.